The molecule has 0 saturated heterocycles. The van der Waals surface area contributed by atoms with E-state index < -0.39 is 0 Å². The third-order valence-corrected chi connectivity index (χ3v) is 5.14. The van der Waals surface area contributed by atoms with Gasteiger partial charge < -0.3 is 10.2 Å². The molecular weight excluding hydrogens is 334 g/mol. The van der Waals surface area contributed by atoms with Crippen LogP contribution in [0.5, 0.6) is 0 Å². The van der Waals surface area contributed by atoms with Gasteiger partial charge in [-0.3, -0.25) is 9.59 Å². The lowest BCUT2D eigenvalue weighted by atomic mass is 10.1. The maximum absolute atomic E-state index is 12.2. The van der Waals surface area contributed by atoms with Crippen molar-refractivity contribution in [1.82, 2.24) is 15.2 Å². The summed E-state index contributed by atoms with van der Waals surface area (Å²) in [4.78, 5) is 29.6. The topological polar surface area (TPSA) is 62.3 Å². The predicted octanol–water partition coefficient (Wildman–Crippen LogP) is 4.38. The number of carbonyl (C=O) groups excluding carboxylic acids is 2. The number of rotatable bonds is 13. The summed E-state index contributed by atoms with van der Waals surface area (Å²) in [6.07, 6.45) is 11.9. The summed E-state index contributed by atoms with van der Waals surface area (Å²) in [5.41, 5.74) is 0.419. The van der Waals surface area contributed by atoms with Gasteiger partial charge in [-0.05, 0) is 6.42 Å². The molecule has 0 saturated carbocycles. The molecule has 0 aliphatic rings. The minimum absolute atomic E-state index is 0.152. The fraction of sp³-hybridized carbons (Fsp3) is 0.737. The largest absolute Gasteiger partial charge is 0.354 e. The molecule has 0 unspecified atom stereocenters. The molecule has 1 aromatic rings. The number of thiazole rings is 1. The van der Waals surface area contributed by atoms with Gasteiger partial charge in [-0.2, -0.15) is 0 Å². The summed E-state index contributed by atoms with van der Waals surface area (Å²) < 4.78 is 0. The Morgan fingerprint density at radius 1 is 1.08 bits per heavy atom. The zero-order valence-electron chi connectivity index (χ0n) is 16.0. The smallest absolute Gasteiger partial charge is 0.270 e. The first-order valence-electron chi connectivity index (χ1n) is 9.49. The molecule has 0 aromatic carbocycles. The fourth-order valence-corrected chi connectivity index (χ4v) is 3.51. The maximum atomic E-state index is 12.2. The van der Waals surface area contributed by atoms with Crippen LogP contribution in [0.25, 0.3) is 0 Å². The van der Waals surface area contributed by atoms with Crippen molar-refractivity contribution in [3.63, 3.8) is 0 Å². The van der Waals surface area contributed by atoms with Crippen LogP contribution >= 0.6 is 11.3 Å². The van der Waals surface area contributed by atoms with E-state index in [1.807, 2.05) is 0 Å². The summed E-state index contributed by atoms with van der Waals surface area (Å²) in [6, 6.07) is 0. The van der Waals surface area contributed by atoms with Crippen LogP contribution in [0.4, 0.5) is 0 Å². The number of nitrogens with one attached hydrogen (secondary N) is 1. The fourth-order valence-electron chi connectivity index (χ4n) is 2.68. The van der Waals surface area contributed by atoms with Gasteiger partial charge in [0.05, 0.1) is 6.54 Å². The van der Waals surface area contributed by atoms with E-state index >= 15 is 0 Å². The van der Waals surface area contributed by atoms with Crippen LogP contribution in [0.3, 0.4) is 0 Å². The van der Waals surface area contributed by atoms with Gasteiger partial charge in [-0.1, -0.05) is 58.3 Å². The molecule has 5 nitrogen and oxygen atoms in total. The van der Waals surface area contributed by atoms with Gasteiger partial charge in [-0.15, -0.1) is 11.3 Å². The Balaban J connectivity index is 2.14. The van der Waals surface area contributed by atoms with E-state index in [1.165, 1.54) is 56.3 Å². The Morgan fingerprint density at radius 2 is 1.68 bits per heavy atom. The third-order valence-electron chi connectivity index (χ3n) is 4.30. The summed E-state index contributed by atoms with van der Waals surface area (Å²) in [5.74, 6) is -0.0363. The molecule has 0 radical (unpaired) electrons. The minimum atomic E-state index is -0.189. The van der Waals surface area contributed by atoms with Gasteiger partial charge in [0.25, 0.3) is 5.91 Å². The number of nitrogens with zero attached hydrogens (tertiary/aromatic N) is 2. The van der Waals surface area contributed by atoms with E-state index in [1.54, 1.807) is 24.4 Å². The van der Waals surface area contributed by atoms with Crippen LogP contribution in [0, 0.1) is 0 Å². The van der Waals surface area contributed by atoms with E-state index in [9.17, 15) is 9.59 Å². The first kappa shape index (κ1) is 21.6. The predicted molar refractivity (Wildman–Crippen MR) is 104 cm³/mol. The number of hydrogen-bond acceptors (Lipinski definition) is 4. The van der Waals surface area contributed by atoms with Crippen LogP contribution in [0.2, 0.25) is 0 Å². The Morgan fingerprint density at radius 3 is 2.28 bits per heavy atom. The lowest BCUT2D eigenvalue weighted by Gasteiger charge is -2.15. The van der Waals surface area contributed by atoms with Crippen molar-refractivity contribution in [3.8, 4) is 0 Å². The van der Waals surface area contributed by atoms with Crippen molar-refractivity contribution < 1.29 is 9.59 Å². The molecule has 0 atom stereocenters. The molecule has 1 N–H and O–H groups in total. The average Bonchev–Trinajstić information content (AvgIpc) is 3.07. The molecule has 142 valence electrons. The highest BCUT2D eigenvalue weighted by Crippen LogP contribution is 2.14. The summed E-state index contributed by atoms with van der Waals surface area (Å²) in [6.45, 7) is 2.71. The Hall–Kier alpha value is -1.43. The Kier molecular flexibility index (Phi) is 11.1. The number of unbranched alkanes of at least 4 members (excludes halogenated alkanes) is 8. The number of carbonyl (C=O) groups is 2. The lowest BCUT2D eigenvalue weighted by molar-refractivity contribution is -0.130. The quantitative estimate of drug-likeness (QED) is 0.526. The van der Waals surface area contributed by atoms with Crippen molar-refractivity contribution in [2.24, 2.45) is 0 Å². The highest BCUT2D eigenvalue weighted by Gasteiger charge is 2.13. The number of amides is 2. The van der Waals surface area contributed by atoms with E-state index in [0.29, 0.717) is 18.7 Å². The van der Waals surface area contributed by atoms with Crippen LogP contribution in [-0.4, -0.2) is 35.8 Å². The van der Waals surface area contributed by atoms with Crippen LogP contribution in [-0.2, 0) is 11.3 Å². The highest BCUT2D eigenvalue weighted by molar-refractivity contribution is 7.09. The SMILES string of the molecule is CCCCCCCCCCCC(=O)N(C)Cc1nc(C(=O)NC)cs1. The molecule has 0 fully saturated rings. The van der Waals surface area contributed by atoms with Gasteiger partial charge in [0.15, 0.2) is 0 Å². The summed E-state index contributed by atoms with van der Waals surface area (Å²) in [7, 11) is 3.39. The van der Waals surface area contributed by atoms with E-state index in [0.717, 1.165) is 17.8 Å². The second-order valence-electron chi connectivity index (χ2n) is 6.53. The second kappa shape index (κ2) is 12.9. The normalized spacial score (nSPS) is 10.7. The molecular formula is C19H33N3O2S. The molecule has 0 aliphatic carbocycles. The molecule has 1 rings (SSSR count). The van der Waals surface area contributed by atoms with Crippen LogP contribution < -0.4 is 5.32 Å². The molecule has 25 heavy (non-hydrogen) atoms. The second-order valence-corrected chi connectivity index (χ2v) is 7.48. The number of aromatic nitrogens is 1. The van der Waals surface area contributed by atoms with Gasteiger partial charge in [-0.25, -0.2) is 4.98 Å². The van der Waals surface area contributed by atoms with Crippen molar-refractivity contribution in [2.45, 2.75) is 77.7 Å². The molecule has 0 bridgehead atoms. The van der Waals surface area contributed by atoms with E-state index in [-0.39, 0.29) is 11.8 Å². The lowest BCUT2D eigenvalue weighted by Crippen LogP contribution is -2.26. The zero-order valence-corrected chi connectivity index (χ0v) is 16.8. The Labute approximate surface area is 156 Å². The maximum Gasteiger partial charge on any atom is 0.270 e. The van der Waals surface area contributed by atoms with Gasteiger partial charge in [0, 0.05) is 25.9 Å². The van der Waals surface area contributed by atoms with Crippen molar-refractivity contribution in [1.29, 1.82) is 0 Å². The first-order valence-corrected chi connectivity index (χ1v) is 10.4. The molecule has 6 heteroatoms. The molecule has 2 amide bonds. The standard InChI is InChI=1S/C19H33N3O2S/c1-4-5-6-7-8-9-10-11-12-13-18(23)22(3)14-17-21-16(15-25-17)19(24)20-2/h15H,4-14H2,1-3H3,(H,20,24). The molecule has 0 spiro atoms. The van der Waals surface area contributed by atoms with Gasteiger partial charge >= 0.3 is 0 Å². The Bertz CT molecular complexity index is 517. The van der Waals surface area contributed by atoms with Gasteiger partial charge in [0.1, 0.15) is 10.7 Å². The summed E-state index contributed by atoms with van der Waals surface area (Å²) >= 11 is 1.42. The first-order chi connectivity index (χ1) is 12.1. The molecule has 1 heterocycles. The van der Waals surface area contributed by atoms with E-state index in [4.69, 9.17) is 0 Å². The summed E-state index contributed by atoms with van der Waals surface area (Å²) in [5, 5.41) is 5.08. The van der Waals surface area contributed by atoms with Crippen LogP contribution in [0.15, 0.2) is 5.38 Å². The highest BCUT2D eigenvalue weighted by atomic mass is 32.1. The van der Waals surface area contributed by atoms with E-state index in [2.05, 4.69) is 17.2 Å². The third kappa shape index (κ3) is 9.00. The minimum Gasteiger partial charge on any atom is -0.354 e. The van der Waals surface area contributed by atoms with Crippen molar-refractivity contribution in [3.05, 3.63) is 16.1 Å². The van der Waals surface area contributed by atoms with Crippen molar-refractivity contribution >= 4 is 23.2 Å². The van der Waals surface area contributed by atoms with Crippen molar-refractivity contribution in [2.75, 3.05) is 14.1 Å². The van der Waals surface area contributed by atoms with Gasteiger partial charge in [0.2, 0.25) is 5.91 Å². The number of hydrogen-bond donors (Lipinski definition) is 1. The monoisotopic (exact) mass is 367 g/mol. The van der Waals surface area contributed by atoms with Crippen LogP contribution in [0.1, 0.15) is 86.6 Å². The zero-order chi connectivity index (χ0) is 18.5. The molecule has 1 aromatic heterocycles. The average molecular weight is 368 g/mol. The molecule has 0 aliphatic heterocycles.